The fourth-order valence-electron chi connectivity index (χ4n) is 6.87. The Bertz CT molecular complexity index is 2310. The number of carbonyl (C=O) groups excluding carboxylic acids is 1. The number of halogens is 2. The summed E-state index contributed by atoms with van der Waals surface area (Å²) in [6, 6.07) is 31.6. The van der Waals surface area contributed by atoms with E-state index in [1.807, 2.05) is 84.3 Å². The summed E-state index contributed by atoms with van der Waals surface area (Å²) in [5.74, 6) is -1.06. The smallest absolute Gasteiger partial charge is 0.271 e. The summed E-state index contributed by atoms with van der Waals surface area (Å²) < 4.78 is 43.3. The number of aliphatic imine (C=N–C) groups is 1. The number of carbonyl (C=O) groups is 1. The van der Waals surface area contributed by atoms with E-state index in [4.69, 9.17) is 19.5 Å². The molecule has 0 aliphatic rings. The molecule has 0 saturated carbocycles. The van der Waals surface area contributed by atoms with E-state index in [0.717, 1.165) is 34.0 Å². The number of methoxy groups -OCH3 is 1. The van der Waals surface area contributed by atoms with Gasteiger partial charge in [-0.25, -0.2) is 18.8 Å². The van der Waals surface area contributed by atoms with Crippen LogP contribution in [0.15, 0.2) is 114 Å². The van der Waals surface area contributed by atoms with Crippen molar-refractivity contribution in [3.05, 3.63) is 149 Å². The predicted molar refractivity (Wildman–Crippen MR) is 231 cm³/mol. The van der Waals surface area contributed by atoms with Gasteiger partial charge in [0.05, 0.1) is 47.2 Å². The third kappa shape index (κ3) is 10.0. The van der Waals surface area contributed by atoms with Gasteiger partial charge in [0.1, 0.15) is 24.1 Å². The Hall–Kier alpha value is -5.36. The molecular formula is C47H53F2N5O3Si. The molecule has 11 heteroatoms. The molecule has 0 radical (unpaired) electrons. The molecule has 1 amide bonds. The number of rotatable bonds is 15. The number of amides is 1. The summed E-state index contributed by atoms with van der Waals surface area (Å²) in [4.78, 5) is 31.8. The highest BCUT2D eigenvalue weighted by Crippen LogP contribution is 2.32. The Labute approximate surface area is 341 Å². The Morgan fingerprint density at radius 2 is 1.53 bits per heavy atom. The molecular weight excluding hydrogens is 749 g/mol. The van der Waals surface area contributed by atoms with E-state index in [1.165, 1.54) is 24.4 Å². The van der Waals surface area contributed by atoms with Crippen LogP contribution in [0.2, 0.25) is 25.7 Å². The largest absolute Gasteiger partial charge is 0.383 e. The lowest BCUT2D eigenvalue weighted by Crippen LogP contribution is -2.50. The first-order valence-corrected chi connectivity index (χ1v) is 23.3. The molecule has 1 unspecified atom stereocenters. The SMILES string of the molecule is COCC(N(Cc1ccc(-c2c(F)cccc2F)cn1)C(=O)c1cc2nc(N=C(c3ccccc3)c3ccccc3)c(C)cc2n1COCC[Si](C)(C)C)C(C)(C)C. The first-order valence-electron chi connectivity index (χ1n) is 19.6. The van der Waals surface area contributed by atoms with Crippen LogP contribution >= 0.6 is 0 Å². The Morgan fingerprint density at radius 3 is 2.09 bits per heavy atom. The molecule has 0 aliphatic carbocycles. The first kappa shape index (κ1) is 42.2. The molecule has 1 atom stereocenters. The van der Waals surface area contributed by atoms with Gasteiger partial charge in [-0.05, 0) is 54.3 Å². The van der Waals surface area contributed by atoms with Gasteiger partial charge in [-0.2, -0.15) is 0 Å². The second kappa shape index (κ2) is 18.1. The van der Waals surface area contributed by atoms with Crippen molar-refractivity contribution < 1.29 is 23.0 Å². The number of ether oxygens (including phenoxy) is 2. The van der Waals surface area contributed by atoms with E-state index in [1.54, 1.807) is 24.1 Å². The lowest BCUT2D eigenvalue weighted by molar-refractivity contribution is 0.0176. The van der Waals surface area contributed by atoms with Gasteiger partial charge in [0.25, 0.3) is 5.91 Å². The summed E-state index contributed by atoms with van der Waals surface area (Å²) >= 11 is 0. The number of benzene rings is 3. The van der Waals surface area contributed by atoms with E-state index in [0.29, 0.717) is 34.9 Å². The van der Waals surface area contributed by atoms with Crippen molar-refractivity contribution in [2.24, 2.45) is 10.4 Å². The normalized spacial score (nSPS) is 12.4. The van der Waals surface area contributed by atoms with Crippen LogP contribution in [0, 0.1) is 24.0 Å². The predicted octanol–water partition coefficient (Wildman–Crippen LogP) is 10.9. The number of hydrogen-bond donors (Lipinski definition) is 0. The van der Waals surface area contributed by atoms with E-state index in [2.05, 4.69) is 45.4 Å². The molecule has 0 N–H and O–H groups in total. The Morgan fingerprint density at radius 1 is 0.897 bits per heavy atom. The highest BCUT2D eigenvalue weighted by molar-refractivity contribution is 6.76. The number of hydrogen-bond acceptors (Lipinski definition) is 6. The molecule has 3 heterocycles. The van der Waals surface area contributed by atoms with E-state index in [9.17, 15) is 8.78 Å². The van der Waals surface area contributed by atoms with Crippen LogP contribution in [-0.4, -0.2) is 65.5 Å². The lowest BCUT2D eigenvalue weighted by atomic mass is 9.85. The highest BCUT2D eigenvalue weighted by atomic mass is 28.3. The maximum absolute atomic E-state index is 15.2. The lowest BCUT2D eigenvalue weighted by Gasteiger charge is -2.40. The van der Waals surface area contributed by atoms with Crippen molar-refractivity contribution in [1.29, 1.82) is 0 Å². The zero-order valence-electron chi connectivity index (χ0n) is 34.7. The summed E-state index contributed by atoms with van der Waals surface area (Å²) in [7, 11) is 0.226. The van der Waals surface area contributed by atoms with Crippen LogP contribution < -0.4 is 0 Å². The van der Waals surface area contributed by atoms with Crippen LogP contribution in [-0.2, 0) is 22.7 Å². The van der Waals surface area contributed by atoms with Gasteiger partial charge in [-0.15, -0.1) is 0 Å². The maximum Gasteiger partial charge on any atom is 0.271 e. The highest BCUT2D eigenvalue weighted by Gasteiger charge is 2.36. The molecule has 6 rings (SSSR count). The number of pyridine rings is 2. The Balaban J connectivity index is 1.46. The third-order valence-corrected chi connectivity index (χ3v) is 11.9. The molecule has 8 nitrogen and oxygen atoms in total. The Kier molecular flexibility index (Phi) is 13.2. The van der Waals surface area contributed by atoms with E-state index >= 15 is 4.79 Å². The van der Waals surface area contributed by atoms with E-state index < -0.39 is 25.1 Å². The number of nitrogens with zero attached hydrogens (tertiary/aromatic N) is 5. The fourth-order valence-corrected chi connectivity index (χ4v) is 7.63. The van der Waals surface area contributed by atoms with Crippen LogP contribution in [0.1, 0.15) is 53.6 Å². The third-order valence-electron chi connectivity index (χ3n) is 10.2. The average Bonchev–Trinajstić information content (AvgIpc) is 3.53. The van der Waals surface area contributed by atoms with Gasteiger partial charge in [-0.3, -0.25) is 9.78 Å². The zero-order chi connectivity index (χ0) is 41.6. The first-order chi connectivity index (χ1) is 27.6. The van der Waals surface area contributed by atoms with Crippen molar-refractivity contribution in [2.75, 3.05) is 20.3 Å². The molecule has 0 bridgehead atoms. The van der Waals surface area contributed by atoms with Crippen LogP contribution in [0.4, 0.5) is 14.6 Å². The monoisotopic (exact) mass is 801 g/mol. The maximum atomic E-state index is 15.2. The van der Waals surface area contributed by atoms with Crippen molar-refractivity contribution in [2.45, 2.75) is 72.7 Å². The molecule has 58 heavy (non-hydrogen) atoms. The molecule has 3 aromatic heterocycles. The van der Waals surface area contributed by atoms with Crippen LogP contribution in [0.25, 0.3) is 22.2 Å². The van der Waals surface area contributed by atoms with Gasteiger partial charge in [0.15, 0.2) is 5.82 Å². The zero-order valence-corrected chi connectivity index (χ0v) is 35.7. The molecule has 0 spiro atoms. The number of aryl methyl sites for hydroxylation is 1. The number of fused-ring (bicyclic) bond motifs is 1. The molecule has 0 fully saturated rings. The number of aromatic nitrogens is 3. The van der Waals surface area contributed by atoms with Gasteiger partial charge in [0.2, 0.25) is 0 Å². The van der Waals surface area contributed by atoms with Gasteiger partial charge < -0.3 is 18.9 Å². The summed E-state index contributed by atoms with van der Waals surface area (Å²) in [5, 5.41) is 0. The quantitative estimate of drug-likeness (QED) is 0.0587. The van der Waals surface area contributed by atoms with Gasteiger partial charge >= 0.3 is 0 Å². The minimum Gasteiger partial charge on any atom is -0.383 e. The van der Waals surface area contributed by atoms with Gasteiger partial charge in [-0.1, -0.05) is 113 Å². The molecule has 0 aliphatic heterocycles. The van der Waals surface area contributed by atoms with Crippen molar-refractivity contribution in [1.82, 2.24) is 19.4 Å². The van der Waals surface area contributed by atoms with Crippen LogP contribution in [0.5, 0.6) is 0 Å². The summed E-state index contributed by atoms with van der Waals surface area (Å²) in [6.45, 7) is 16.2. The summed E-state index contributed by atoms with van der Waals surface area (Å²) in [5.41, 5.74) is 5.61. The second-order valence-corrected chi connectivity index (χ2v) is 22.6. The second-order valence-electron chi connectivity index (χ2n) is 16.9. The van der Waals surface area contributed by atoms with Gasteiger partial charge in [0, 0.05) is 44.7 Å². The van der Waals surface area contributed by atoms with Crippen molar-refractivity contribution in [3.8, 4) is 11.1 Å². The van der Waals surface area contributed by atoms with Crippen LogP contribution in [0.3, 0.4) is 0 Å². The van der Waals surface area contributed by atoms with Crippen molar-refractivity contribution >= 4 is 36.5 Å². The standard InChI is InChI=1S/C47H53F2N5O3Si/c1-32-26-40-39(51-45(32)52-44(33-16-11-9-12-17-33)34-18-13-10-14-19-34)27-41(54(40)31-57-24-25-58(6,7)8)46(55)53(42(30-56-5)47(2,3)4)29-36-23-22-35(28-50-36)43-37(48)20-15-21-38(43)49/h9-23,26-28,42H,24-25,29-31H2,1-8H3. The topological polar surface area (TPSA) is 81.8 Å². The average molecular weight is 802 g/mol. The minimum atomic E-state index is -1.39. The molecule has 3 aromatic carbocycles. The minimum absolute atomic E-state index is 0.113. The fraction of sp³-hybridized carbons (Fsp3) is 0.319. The molecule has 6 aromatic rings. The summed E-state index contributed by atoms with van der Waals surface area (Å²) in [6.07, 6.45) is 1.44. The van der Waals surface area contributed by atoms with Crippen molar-refractivity contribution in [3.63, 3.8) is 0 Å². The van der Waals surface area contributed by atoms with E-state index in [-0.39, 0.29) is 37.4 Å². The molecule has 302 valence electrons. The molecule has 0 saturated heterocycles.